The quantitative estimate of drug-likeness (QED) is 0.324. The molecule has 2 aromatic rings. The molecule has 2 atom stereocenters. The first-order chi connectivity index (χ1) is 16.3. The molecule has 0 aromatic heterocycles. The molecule has 0 spiro atoms. The zero-order valence-corrected chi connectivity index (χ0v) is 18.5. The molecule has 2 rings (SSSR count). The van der Waals surface area contributed by atoms with Gasteiger partial charge in [0, 0.05) is 0 Å². The van der Waals surface area contributed by atoms with Crippen LogP contribution in [0.4, 0.5) is 9.59 Å². The summed E-state index contributed by atoms with van der Waals surface area (Å²) in [6.07, 6.45) is -0.966. The minimum atomic E-state index is -1.23. The van der Waals surface area contributed by atoms with Gasteiger partial charge in [-0.1, -0.05) is 73.5 Å². The molecule has 2 aromatic carbocycles. The van der Waals surface area contributed by atoms with Crippen molar-refractivity contribution >= 4 is 24.1 Å². The second-order valence-corrected chi connectivity index (χ2v) is 7.48. The van der Waals surface area contributed by atoms with Crippen LogP contribution >= 0.6 is 0 Å². The number of benzene rings is 2. The van der Waals surface area contributed by atoms with Gasteiger partial charge in [0.2, 0.25) is 0 Å². The number of amides is 2. The number of hydrogen-bond acceptors (Lipinski definition) is 6. The van der Waals surface area contributed by atoms with Crippen molar-refractivity contribution in [3.8, 4) is 0 Å². The molecular weight excluding hydrogens is 444 g/mol. The van der Waals surface area contributed by atoms with Gasteiger partial charge in [-0.15, -0.1) is 0 Å². The van der Waals surface area contributed by atoms with Gasteiger partial charge < -0.3 is 30.3 Å². The number of aliphatic carboxylic acids is 2. The third-order valence-corrected chi connectivity index (χ3v) is 4.84. The number of carboxylic acids is 2. The van der Waals surface area contributed by atoms with Crippen molar-refractivity contribution in [2.75, 3.05) is 0 Å². The van der Waals surface area contributed by atoms with E-state index in [0.717, 1.165) is 11.1 Å². The highest BCUT2D eigenvalue weighted by Gasteiger charge is 2.23. The van der Waals surface area contributed by atoms with Crippen molar-refractivity contribution in [3.05, 3.63) is 71.8 Å². The summed E-state index contributed by atoms with van der Waals surface area (Å²) in [6, 6.07) is 15.5. The number of ether oxygens (including phenoxy) is 2. The lowest BCUT2D eigenvalue weighted by Gasteiger charge is -2.16. The van der Waals surface area contributed by atoms with E-state index in [9.17, 15) is 29.4 Å². The van der Waals surface area contributed by atoms with Crippen LogP contribution in [0.2, 0.25) is 0 Å². The third kappa shape index (κ3) is 10.0. The van der Waals surface area contributed by atoms with Crippen LogP contribution in [0.3, 0.4) is 0 Å². The van der Waals surface area contributed by atoms with Crippen LogP contribution in [-0.4, -0.2) is 46.4 Å². The van der Waals surface area contributed by atoms with E-state index in [4.69, 9.17) is 9.47 Å². The number of alkyl carbamates (subject to hydrolysis) is 2. The van der Waals surface area contributed by atoms with Crippen LogP contribution < -0.4 is 10.6 Å². The second kappa shape index (κ2) is 14.1. The Hall–Kier alpha value is -4.08. The Morgan fingerprint density at radius 3 is 1.32 bits per heavy atom. The van der Waals surface area contributed by atoms with Crippen LogP contribution in [0.5, 0.6) is 0 Å². The van der Waals surface area contributed by atoms with Gasteiger partial charge in [0.25, 0.3) is 0 Å². The van der Waals surface area contributed by atoms with Crippen molar-refractivity contribution in [1.82, 2.24) is 10.6 Å². The van der Waals surface area contributed by atoms with E-state index in [-0.39, 0.29) is 26.1 Å². The summed E-state index contributed by atoms with van der Waals surface area (Å²) in [5, 5.41) is 23.3. The number of hydrogen-bond donors (Lipinski definition) is 4. The van der Waals surface area contributed by atoms with Gasteiger partial charge in [-0.2, -0.15) is 0 Å². The summed E-state index contributed by atoms with van der Waals surface area (Å²) in [4.78, 5) is 46.7. The summed E-state index contributed by atoms with van der Waals surface area (Å²) in [6.45, 7) is 0.0106. The summed E-state index contributed by atoms with van der Waals surface area (Å²) in [5.74, 6) is -2.46. The predicted molar refractivity (Wildman–Crippen MR) is 121 cm³/mol. The van der Waals surface area contributed by atoms with Gasteiger partial charge in [0.1, 0.15) is 25.3 Å². The van der Waals surface area contributed by atoms with Crippen LogP contribution in [0.15, 0.2) is 60.7 Å². The van der Waals surface area contributed by atoms with E-state index in [0.29, 0.717) is 12.8 Å². The highest BCUT2D eigenvalue weighted by atomic mass is 16.6. The fourth-order valence-electron chi connectivity index (χ4n) is 3.03. The highest BCUT2D eigenvalue weighted by molar-refractivity contribution is 5.80. The Bertz CT molecular complexity index is 859. The SMILES string of the molecule is O=C(NC(CCCCC(NC(=O)OCc1ccccc1)C(=O)O)C(=O)O)OCc1ccccc1. The van der Waals surface area contributed by atoms with E-state index in [2.05, 4.69) is 10.6 Å². The number of carbonyl (C=O) groups excluding carboxylic acids is 2. The first-order valence-corrected chi connectivity index (χ1v) is 10.7. The molecule has 2 amide bonds. The molecule has 0 aliphatic heterocycles. The summed E-state index contributed by atoms with van der Waals surface area (Å²) in [5.41, 5.74) is 1.53. The van der Waals surface area contributed by atoms with Crippen LogP contribution in [0.25, 0.3) is 0 Å². The molecule has 10 nitrogen and oxygen atoms in total. The summed E-state index contributed by atoms with van der Waals surface area (Å²) < 4.78 is 10.1. The minimum absolute atomic E-state index is 0.00530. The molecule has 0 saturated carbocycles. The maximum atomic E-state index is 11.9. The van der Waals surface area contributed by atoms with Gasteiger partial charge in [0.15, 0.2) is 0 Å². The van der Waals surface area contributed by atoms with Crippen molar-refractivity contribution in [2.45, 2.75) is 51.0 Å². The zero-order chi connectivity index (χ0) is 24.8. The Kier molecular flexibility index (Phi) is 10.9. The first kappa shape index (κ1) is 26.2. The average molecular weight is 472 g/mol. The first-order valence-electron chi connectivity index (χ1n) is 10.7. The van der Waals surface area contributed by atoms with Gasteiger partial charge in [-0.25, -0.2) is 19.2 Å². The minimum Gasteiger partial charge on any atom is -0.480 e. The summed E-state index contributed by atoms with van der Waals surface area (Å²) >= 11 is 0. The van der Waals surface area contributed by atoms with Crippen molar-refractivity contribution in [3.63, 3.8) is 0 Å². The molecule has 10 heteroatoms. The lowest BCUT2D eigenvalue weighted by atomic mass is 10.0. The van der Waals surface area contributed by atoms with Gasteiger partial charge in [-0.3, -0.25) is 0 Å². The van der Waals surface area contributed by atoms with Crippen LogP contribution in [-0.2, 0) is 32.3 Å². The molecule has 0 aliphatic rings. The smallest absolute Gasteiger partial charge is 0.408 e. The molecule has 34 heavy (non-hydrogen) atoms. The van der Waals surface area contributed by atoms with E-state index in [1.807, 2.05) is 12.1 Å². The monoisotopic (exact) mass is 472 g/mol. The van der Waals surface area contributed by atoms with Gasteiger partial charge >= 0.3 is 24.1 Å². The van der Waals surface area contributed by atoms with Crippen molar-refractivity contribution < 1.29 is 38.9 Å². The molecule has 0 aliphatic carbocycles. The average Bonchev–Trinajstić information content (AvgIpc) is 2.83. The fraction of sp³-hybridized carbons (Fsp3) is 0.333. The van der Waals surface area contributed by atoms with Crippen molar-refractivity contribution in [2.24, 2.45) is 0 Å². The molecule has 4 N–H and O–H groups in total. The lowest BCUT2D eigenvalue weighted by molar-refractivity contribution is -0.140. The van der Waals surface area contributed by atoms with E-state index in [1.54, 1.807) is 48.5 Å². The molecule has 2 unspecified atom stereocenters. The molecule has 182 valence electrons. The molecule has 0 radical (unpaired) electrons. The fourth-order valence-corrected chi connectivity index (χ4v) is 3.03. The molecule has 0 heterocycles. The lowest BCUT2D eigenvalue weighted by Crippen LogP contribution is -2.42. The van der Waals surface area contributed by atoms with Crippen molar-refractivity contribution in [1.29, 1.82) is 0 Å². The van der Waals surface area contributed by atoms with Crippen LogP contribution in [0, 0.1) is 0 Å². The molecule has 0 bridgehead atoms. The number of nitrogens with one attached hydrogen (secondary N) is 2. The molecular formula is C24H28N2O8. The normalized spacial score (nSPS) is 12.1. The predicted octanol–water partition coefficient (Wildman–Crippen LogP) is 3.31. The standard InChI is InChI=1S/C24H28N2O8/c27-21(28)19(25-23(31)33-15-17-9-3-1-4-10-17)13-7-8-14-20(22(29)30)26-24(32)34-16-18-11-5-2-6-12-18/h1-6,9-12,19-20H,7-8,13-16H2,(H,25,31)(H,26,32)(H,27,28)(H,29,30). The topological polar surface area (TPSA) is 151 Å². The highest BCUT2D eigenvalue weighted by Crippen LogP contribution is 2.09. The largest absolute Gasteiger partial charge is 0.480 e. The van der Waals surface area contributed by atoms with E-state index < -0.39 is 36.2 Å². The van der Waals surface area contributed by atoms with Crippen LogP contribution in [0.1, 0.15) is 36.8 Å². The maximum absolute atomic E-state index is 11.9. The zero-order valence-electron chi connectivity index (χ0n) is 18.5. The Morgan fingerprint density at radius 2 is 1.00 bits per heavy atom. The Balaban J connectivity index is 1.71. The number of unbranched alkanes of at least 4 members (excludes halogenated alkanes) is 1. The molecule has 0 fully saturated rings. The van der Waals surface area contributed by atoms with Gasteiger partial charge in [0.05, 0.1) is 0 Å². The Morgan fingerprint density at radius 1 is 0.647 bits per heavy atom. The number of carboxylic acid groups (broad SMARTS) is 2. The van der Waals surface area contributed by atoms with E-state index >= 15 is 0 Å². The number of rotatable bonds is 13. The summed E-state index contributed by atoms with van der Waals surface area (Å²) in [7, 11) is 0. The van der Waals surface area contributed by atoms with E-state index in [1.165, 1.54) is 0 Å². The molecule has 0 saturated heterocycles. The second-order valence-electron chi connectivity index (χ2n) is 7.48. The third-order valence-electron chi connectivity index (χ3n) is 4.84. The Labute approximate surface area is 196 Å². The number of carbonyl (C=O) groups is 4. The maximum Gasteiger partial charge on any atom is 0.408 e. The van der Waals surface area contributed by atoms with Gasteiger partial charge in [-0.05, 0) is 24.0 Å².